The fourth-order valence-corrected chi connectivity index (χ4v) is 1.90. The average molecular weight is 236 g/mol. The maximum atomic E-state index is 4.46. The topological polar surface area (TPSA) is 12.9 Å². The van der Waals surface area contributed by atoms with Crippen molar-refractivity contribution in [3.05, 3.63) is 40.0 Å². The zero-order valence-electron chi connectivity index (χ0n) is 7.63. The van der Waals surface area contributed by atoms with Gasteiger partial charge in [0.15, 0.2) is 0 Å². The maximum absolute atomic E-state index is 4.46. The third-order valence-electron chi connectivity index (χ3n) is 2.11. The molecule has 2 heteroatoms. The monoisotopic (exact) mass is 235 g/mol. The second kappa shape index (κ2) is 3.11. The van der Waals surface area contributed by atoms with Gasteiger partial charge in [-0.15, -0.1) is 0 Å². The van der Waals surface area contributed by atoms with Gasteiger partial charge in [-0.05, 0) is 43.7 Å². The first kappa shape index (κ1) is 8.70. The summed E-state index contributed by atoms with van der Waals surface area (Å²) in [6, 6.07) is 8.28. The highest BCUT2D eigenvalue weighted by molar-refractivity contribution is 9.10. The Bertz CT molecular complexity index is 463. The molecule has 0 bridgehead atoms. The molecule has 0 aliphatic heterocycles. The molecule has 1 aromatic carbocycles. The van der Waals surface area contributed by atoms with E-state index in [0.717, 1.165) is 15.7 Å². The highest BCUT2D eigenvalue weighted by Crippen LogP contribution is 2.21. The van der Waals surface area contributed by atoms with Crippen molar-refractivity contribution in [3.8, 4) is 0 Å². The van der Waals surface area contributed by atoms with Gasteiger partial charge in [-0.25, -0.2) is 0 Å². The van der Waals surface area contributed by atoms with E-state index in [4.69, 9.17) is 0 Å². The largest absolute Gasteiger partial charge is 0.253 e. The molecular weight excluding hydrogens is 226 g/mol. The molecule has 0 N–H and O–H groups in total. The van der Waals surface area contributed by atoms with Crippen LogP contribution in [0.3, 0.4) is 0 Å². The molecule has 0 aliphatic rings. The molecule has 0 atom stereocenters. The minimum absolute atomic E-state index is 1.07. The predicted molar refractivity (Wildman–Crippen MR) is 58.9 cm³/mol. The predicted octanol–water partition coefficient (Wildman–Crippen LogP) is 3.61. The Balaban J connectivity index is 2.87. The molecule has 66 valence electrons. The minimum atomic E-state index is 1.07. The molecule has 2 rings (SSSR count). The van der Waals surface area contributed by atoms with Crippen LogP contribution >= 0.6 is 15.9 Å². The number of aryl methyl sites for hydroxylation is 2. The molecule has 0 amide bonds. The zero-order valence-corrected chi connectivity index (χ0v) is 9.22. The van der Waals surface area contributed by atoms with Crippen LogP contribution in [0.25, 0.3) is 10.9 Å². The first-order valence-corrected chi connectivity index (χ1v) is 4.99. The van der Waals surface area contributed by atoms with Crippen molar-refractivity contribution in [2.24, 2.45) is 0 Å². The zero-order chi connectivity index (χ0) is 9.42. The van der Waals surface area contributed by atoms with Gasteiger partial charge in [0.05, 0.1) is 5.52 Å². The van der Waals surface area contributed by atoms with E-state index in [0.29, 0.717) is 0 Å². The quantitative estimate of drug-likeness (QED) is 0.680. The number of rotatable bonds is 0. The summed E-state index contributed by atoms with van der Waals surface area (Å²) in [5.41, 5.74) is 3.43. The van der Waals surface area contributed by atoms with Gasteiger partial charge in [0.25, 0.3) is 0 Å². The van der Waals surface area contributed by atoms with Crippen molar-refractivity contribution in [1.82, 2.24) is 4.98 Å². The van der Waals surface area contributed by atoms with Gasteiger partial charge in [-0.2, -0.15) is 0 Å². The standard InChI is InChI=1S/C11H10BrN/c1-7-5-8(2)13-11-4-3-9(12)6-10(7)11/h3-6H,1-2H3. The van der Waals surface area contributed by atoms with Crippen LogP contribution in [0.1, 0.15) is 11.3 Å². The lowest BCUT2D eigenvalue weighted by Gasteiger charge is -2.03. The molecule has 0 unspecified atom stereocenters. The van der Waals surface area contributed by atoms with E-state index < -0.39 is 0 Å². The molecule has 0 fully saturated rings. The van der Waals surface area contributed by atoms with E-state index >= 15 is 0 Å². The summed E-state index contributed by atoms with van der Waals surface area (Å²) in [7, 11) is 0. The van der Waals surface area contributed by atoms with Crippen molar-refractivity contribution < 1.29 is 0 Å². The van der Waals surface area contributed by atoms with Crippen molar-refractivity contribution in [2.75, 3.05) is 0 Å². The van der Waals surface area contributed by atoms with Gasteiger partial charge in [0.2, 0.25) is 0 Å². The van der Waals surface area contributed by atoms with Gasteiger partial charge < -0.3 is 0 Å². The van der Waals surface area contributed by atoms with Crippen LogP contribution in [-0.2, 0) is 0 Å². The summed E-state index contributed by atoms with van der Waals surface area (Å²) < 4.78 is 1.11. The van der Waals surface area contributed by atoms with E-state index in [1.165, 1.54) is 10.9 Å². The number of fused-ring (bicyclic) bond motifs is 1. The molecule has 0 saturated carbocycles. The number of pyridine rings is 1. The summed E-state index contributed by atoms with van der Waals surface area (Å²) in [5.74, 6) is 0. The lowest BCUT2D eigenvalue weighted by Crippen LogP contribution is -1.86. The second-order valence-corrected chi connectivity index (χ2v) is 4.16. The highest BCUT2D eigenvalue weighted by Gasteiger charge is 2.00. The number of halogens is 1. The fraction of sp³-hybridized carbons (Fsp3) is 0.182. The normalized spacial score (nSPS) is 10.7. The molecule has 0 aliphatic carbocycles. The van der Waals surface area contributed by atoms with Gasteiger partial charge in [-0.1, -0.05) is 15.9 Å². The smallest absolute Gasteiger partial charge is 0.0708 e. The van der Waals surface area contributed by atoms with E-state index in [9.17, 15) is 0 Å². The van der Waals surface area contributed by atoms with Crippen LogP contribution < -0.4 is 0 Å². The second-order valence-electron chi connectivity index (χ2n) is 3.24. The van der Waals surface area contributed by atoms with Gasteiger partial charge in [0.1, 0.15) is 0 Å². The van der Waals surface area contributed by atoms with Crippen molar-refractivity contribution >= 4 is 26.8 Å². The summed E-state index contributed by atoms with van der Waals surface area (Å²) in [5, 5.41) is 1.22. The highest BCUT2D eigenvalue weighted by atomic mass is 79.9. The molecular formula is C11H10BrN. The third kappa shape index (κ3) is 1.59. The fourth-order valence-electron chi connectivity index (χ4n) is 1.53. The van der Waals surface area contributed by atoms with E-state index in [-0.39, 0.29) is 0 Å². The van der Waals surface area contributed by atoms with Gasteiger partial charge in [0, 0.05) is 15.6 Å². The molecule has 0 saturated heterocycles. The van der Waals surface area contributed by atoms with Crippen LogP contribution in [0.2, 0.25) is 0 Å². The Morgan fingerprint density at radius 1 is 1.15 bits per heavy atom. The SMILES string of the molecule is Cc1cc(C)c2cc(Br)ccc2n1. The van der Waals surface area contributed by atoms with Crippen LogP contribution in [0, 0.1) is 13.8 Å². The van der Waals surface area contributed by atoms with Crippen molar-refractivity contribution in [2.45, 2.75) is 13.8 Å². The minimum Gasteiger partial charge on any atom is -0.253 e. The molecule has 1 aromatic heterocycles. The average Bonchev–Trinajstić information content (AvgIpc) is 2.06. The van der Waals surface area contributed by atoms with Gasteiger partial charge in [-0.3, -0.25) is 4.98 Å². The third-order valence-corrected chi connectivity index (χ3v) is 2.60. The number of aromatic nitrogens is 1. The molecule has 2 aromatic rings. The Kier molecular flexibility index (Phi) is 2.08. The van der Waals surface area contributed by atoms with Crippen LogP contribution in [0.5, 0.6) is 0 Å². The van der Waals surface area contributed by atoms with Crippen molar-refractivity contribution in [1.29, 1.82) is 0 Å². The Morgan fingerprint density at radius 3 is 2.69 bits per heavy atom. The van der Waals surface area contributed by atoms with Crippen LogP contribution in [-0.4, -0.2) is 4.98 Å². The first-order chi connectivity index (χ1) is 6.16. The number of hydrogen-bond acceptors (Lipinski definition) is 1. The molecule has 0 spiro atoms. The molecule has 1 nitrogen and oxygen atoms in total. The number of hydrogen-bond donors (Lipinski definition) is 0. The molecule has 0 radical (unpaired) electrons. The molecule has 13 heavy (non-hydrogen) atoms. The first-order valence-electron chi connectivity index (χ1n) is 4.20. The van der Waals surface area contributed by atoms with Crippen molar-refractivity contribution in [3.63, 3.8) is 0 Å². The summed E-state index contributed by atoms with van der Waals surface area (Å²) >= 11 is 3.46. The lowest BCUT2D eigenvalue weighted by atomic mass is 10.1. The number of benzene rings is 1. The summed E-state index contributed by atoms with van der Waals surface area (Å²) in [4.78, 5) is 4.46. The lowest BCUT2D eigenvalue weighted by molar-refractivity contribution is 1.23. The van der Waals surface area contributed by atoms with E-state index in [1.807, 2.05) is 19.1 Å². The Morgan fingerprint density at radius 2 is 1.92 bits per heavy atom. The Labute approximate surface area is 85.9 Å². The summed E-state index contributed by atoms with van der Waals surface area (Å²) in [6.07, 6.45) is 0. The number of nitrogens with zero attached hydrogens (tertiary/aromatic N) is 1. The molecule has 1 heterocycles. The van der Waals surface area contributed by atoms with Crippen LogP contribution in [0.4, 0.5) is 0 Å². The maximum Gasteiger partial charge on any atom is 0.0708 e. The van der Waals surface area contributed by atoms with E-state index in [1.54, 1.807) is 0 Å². The van der Waals surface area contributed by atoms with E-state index in [2.05, 4.69) is 40.0 Å². The Hall–Kier alpha value is -0.890. The van der Waals surface area contributed by atoms with Gasteiger partial charge >= 0.3 is 0 Å². The van der Waals surface area contributed by atoms with Crippen LogP contribution in [0.15, 0.2) is 28.7 Å². The summed E-state index contributed by atoms with van der Waals surface area (Å²) in [6.45, 7) is 4.14.